The number of sulfonamides is 1. The van der Waals surface area contributed by atoms with Crippen LogP contribution in [0.15, 0.2) is 77.7 Å². The lowest BCUT2D eigenvalue weighted by Gasteiger charge is -2.34. The summed E-state index contributed by atoms with van der Waals surface area (Å²) in [6, 6.07) is 19.4. The molecule has 160 valence electrons. The molecule has 0 bridgehead atoms. The lowest BCUT2D eigenvalue weighted by atomic mass is 9.99. The normalized spacial score (nSPS) is 15.1. The van der Waals surface area contributed by atoms with Crippen LogP contribution in [0.3, 0.4) is 0 Å². The van der Waals surface area contributed by atoms with E-state index in [2.05, 4.69) is 0 Å². The van der Waals surface area contributed by atoms with Crippen molar-refractivity contribution in [2.75, 3.05) is 26.2 Å². The van der Waals surface area contributed by atoms with Crippen molar-refractivity contribution in [1.29, 1.82) is 0 Å². The van der Waals surface area contributed by atoms with Crippen molar-refractivity contribution in [3.05, 3.63) is 90.0 Å². The average Bonchev–Trinajstić information content (AvgIpc) is 2.81. The van der Waals surface area contributed by atoms with E-state index >= 15 is 0 Å². The van der Waals surface area contributed by atoms with E-state index < -0.39 is 21.7 Å². The van der Waals surface area contributed by atoms with E-state index in [1.165, 1.54) is 4.31 Å². The van der Waals surface area contributed by atoms with Gasteiger partial charge in [0.25, 0.3) is 5.91 Å². The Kier molecular flexibility index (Phi) is 5.84. The molecule has 0 spiro atoms. The highest BCUT2D eigenvalue weighted by molar-refractivity contribution is 7.89. The molecular weight excluding hydrogens is 422 g/mol. The first-order chi connectivity index (χ1) is 14.9. The van der Waals surface area contributed by atoms with Gasteiger partial charge in [-0.2, -0.15) is 4.31 Å². The van der Waals surface area contributed by atoms with Crippen LogP contribution >= 0.6 is 0 Å². The Morgan fingerprint density at radius 1 is 0.774 bits per heavy atom. The third kappa shape index (κ3) is 4.22. The third-order valence-corrected chi connectivity index (χ3v) is 7.19. The number of piperazine rings is 1. The molecule has 3 aromatic rings. The quantitative estimate of drug-likeness (QED) is 0.618. The monoisotopic (exact) mass is 442 g/mol. The van der Waals surface area contributed by atoms with Gasteiger partial charge in [0.1, 0.15) is 0 Å². The minimum atomic E-state index is -3.98. The molecule has 0 N–H and O–H groups in total. The molecule has 0 saturated carbocycles. The van der Waals surface area contributed by atoms with E-state index in [9.17, 15) is 22.0 Å². The van der Waals surface area contributed by atoms with Gasteiger partial charge >= 0.3 is 0 Å². The summed E-state index contributed by atoms with van der Waals surface area (Å²) in [6.45, 7) is 0.539. The number of benzene rings is 3. The number of amides is 1. The van der Waals surface area contributed by atoms with E-state index in [0.29, 0.717) is 11.6 Å². The number of carbonyl (C=O) groups is 1. The Morgan fingerprint density at radius 3 is 2.10 bits per heavy atom. The maximum absolute atomic E-state index is 13.5. The summed E-state index contributed by atoms with van der Waals surface area (Å²) in [7, 11) is -3.98. The summed E-state index contributed by atoms with van der Waals surface area (Å²) in [6.07, 6.45) is 0. The molecule has 1 heterocycles. The molecule has 8 heteroatoms. The van der Waals surface area contributed by atoms with E-state index in [4.69, 9.17) is 0 Å². The van der Waals surface area contributed by atoms with Gasteiger partial charge in [-0.1, -0.05) is 48.5 Å². The van der Waals surface area contributed by atoms with Crippen molar-refractivity contribution in [2.45, 2.75) is 4.90 Å². The van der Waals surface area contributed by atoms with Gasteiger partial charge in [0.05, 0.1) is 4.90 Å². The molecule has 0 aliphatic carbocycles. The standard InChI is InChI=1S/C23H20F2N2O3S/c24-21-11-10-18(16-22(21)25)31(29,30)27-14-12-26(13-15-27)23(28)20-9-5-4-8-19(20)17-6-2-1-3-7-17/h1-11,16H,12-15H2. The summed E-state index contributed by atoms with van der Waals surface area (Å²) in [5, 5.41) is 0. The zero-order valence-electron chi connectivity index (χ0n) is 16.5. The summed E-state index contributed by atoms with van der Waals surface area (Å²) in [5.41, 5.74) is 2.28. The largest absolute Gasteiger partial charge is 0.336 e. The molecule has 3 aromatic carbocycles. The van der Waals surface area contributed by atoms with E-state index in [0.717, 1.165) is 23.3 Å². The van der Waals surface area contributed by atoms with Gasteiger partial charge in [0.2, 0.25) is 10.0 Å². The van der Waals surface area contributed by atoms with E-state index in [1.54, 1.807) is 17.0 Å². The van der Waals surface area contributed by atoms with Crippen molar-refractivity contribution in [3.63, 3.8) is 0 Å². The van der Waals surface area contributed by atoms with Crippen LogP contribution in [-0.2, 0) is 10.0 Å². The summed E-state index contributed by atoms with van der Waals surface area (Å²) < 4.78 is 53.4. The highest BCUT2D eigenvalue weighted by Crippen LogP contribution is 2.26. The second kappa shape index (κ2) is 8.56. The van der Waals surface area contributed by atoms with Gasteiger partial charge in [0, 0.05) is 31.7 Å². The molecule has 0 atom stereocenters. The molecule has 0 aromatic heterocycles. The number of hydrogen-bond donors (Lipinski definition) is 0. The average molecular weight is 442 g/mol. The van der Waals surface area contributed by atoms with Gasteiger partial charge < -0.3 is 4.90 Å². The molecule has 1 amide bonds. The molecule has 31 heavy (non-hydrogen) atoms. The number of rotatable bonds is 4. The Balaban J connectivity index is 1.51. The van der Waals surface area contributed by atoms with Crippen LogP contribution < -0.4 is 0 Å². The van der Waals surface area contributed by atoms with Crippen LogP contribution in [0.4, 0.5) is 8.78 Å². The smallest absolute Gasteiger partial charge is 0.254 e. The predicted octanol–water partition coefficient (Wildman–Crippen LogP) is 3.78. The molecule has 5 nitrogen and oxygen atoms in total. The summed E-state index contributed by atoms with van der Waals surface area (Å²) in [4.78, 5) is 14.5. The minimum Gasteiger partial charge on any atom is -0.336 e. The van der Waals surface area contributed by atoms with E-state index in [-0.39, 0.29) is 37.0 Å². The lowest BCUT2D eigenvalue weighted by molar-refractivity contribution is 0.0698. The van der Waals surface area contributed by atoms with Gasteiger partial charge in [-0.05, 0) is 35.4 Å². The highest BCUT2D eigenvalue weighted by atomic mass is 32.2. The number of carbonyl (C=O) groups excluding carboxylic acids is 1. The van der Waals surface area contributed by atoms with Crippen molar-refractivity contribution >= 4 is 15.9 Å². The first-order valence-corrected chi connectivity index (χ1v) is 11.2. The van der Waals surface area contributed by atoms with Crippen LogP contribution in [0.1, 0.15) is 10.4 Å². The molecule has 4 rings (SSSR count). The fourth-order valence-electron chi connectivity index (χ4n) is 3.63. The van der Waals surface area contributed by atoms with Gasteiger partial charge in [-0.25, -0.2) is 17.2 Å². The molecule has 0 unspecified atom stereocenters. The number of hydrogen-bond acceptors (Lipinski definition) is 3. The highest BCUT2D eigenvalue weighted by Gasteiger charge is 2.31. The topological polar surface area (TPSA) is 57.7 Å². The molecule has 0 radical (unpaired) electrons. The summed E-state index contributed by atoms with van der Waals surface area (Å²) in [5.74, 6) is -2.50. The summed E-state index contributed by atoms with van der Waals surface area (Å²) >= 11 is 0. The second-order valence-corrected chi connectivity index (χ2v) is 9.12. The first-order valence-electron chi connectivity index (χ1n) is 9.77. The van der Waals surface area contributed by atoms with Gasteiger partial charge in [0.15, 0.2) is 11.6 Å². The van der Waals surface area contributed by atoms with Crippen LogP contribution in [0, 0.1) is 11.6 Å². The Labute approximate surface area is 179 Å². The number of nitrogens with zero attached hydrogens (tertiary/aromatic N) is 2. The molecule has 1 saturated heterocycles. The third-order valence-electron chi connectivity index (χ3n) is 5.30. The minimum absolute atomic E-state index is 0.0700. The van der Waals surface area contributed by atoms with Crippen molar-refractivity contribution in [1.82, 2.24) is 9.21 Å². The predicted molar refractivity (Wildman–Crippen MR) is 113 cm³/mol. The molecular formula is C23H20F2N2O3S. The maximum atomic E-state index is 13.5. The van der Waals surface area contributed by atoms with Crippen molar-refractivity contribution < 1.29 is 22.0 Å². The Hall–Kier alpha value is -3.10. The maximum Gasteiger partial charge on any atom is 0.254 e. The second-order valence-electron chi connectivity index (χ2n) is 7.18. The Bertz CT molecular complexity index is 1210. The first kappa shape index (κ1) is 21.1. The van der Waals surface area contributed by atoms with E-state index in [1.807, 2.05) is 42.5 Å². The lowest BCUT2D eigenvalue weighted by Crippen LogP contribution is -2.50. The van der Waals surface area contributed by atoms with Crippen molar-refractivity contribution in [3.8, 4) is 11.1 Å². The van der Waals surface area contributed by atoms with Gasteiger partial charge in [-0.3, -0.25) is 4.79 Å². The van der Waals surface area contributed by atoms with Gasteiger partial charge in [-0.15, -0.1) is 0 Å². The molecule has 1 aliphatic rings. The van der Waals surface area contributed by atoms with Crippen LogP contribution in [-0.4, -0.2) is 49.7 Å². The fourth-order valence-corrected chi connectivity index (χ4v) is 5.06. The van der Waals surface area contributed by atoms with Crippen LogP contribution in [0.2, 0.25) is 0 Å². The zero-order chi connectivity index (χ0) is 22.0. The Morgan fingerprint density at radius 2 is 1.42 bits per heavy atom. The zero-order valence-corrected chi connectivity index (χ0v) is 17.4. The fraction of sp³-hybridized carbons (Fsp3) is 0.174. The SMILES string of the molecule is O=C(c1ccccc1-c1ccccc1)N1CCN(S(=O)(=O)c2ccc(F)c(F)c2)CC1. The van der Waals surface area contributed by atoms with Crippen LogP contribution in [0.5, 0.6) is 0 Å². The van der Waals surface area contributed by atoms with Crippen molar-refractivity contribution in [2.24, 2.45) is 0 Å². The molecule has 1 aliphatic heterocycles. The van der Waals surface area contributed by atoms with Crippen LogP contribution in [0.25, 0.3) is 11.1 Å². The molecule has 1 fully saturated rings. The number of halogens is 2.